The zero-order chi connectivity index (χ0) is 17.4. The van der Waals surface area contributed by atoms with Gasteiger partial charge in [-0.1, -0.05) is 24.3 Å². The minimum absolute atomic E-state index is 0.265. The first-order valence-electron chi connectivity index (χ1n) is 8.09. The molecular formula is C20H10N2O4. The second-order valence-corrected chi connectivity index (χ2v) is 6.24. The van der Waals surface area contributed by atoms with E-state index in [4.69, 9.17) is 8.83 Å². The monoisotopic (exact) mass is 342 g/mol. The Morgan fingerprint density at radius 1 is 0.885 bits per heavy atom. The Balaban J connectivity index is 2.13. The van der Waals surface area contributed by atoms with E-state index >= 15 is 0 Å². The van der Waals surface area contributed by atoms with Gasteiger partial charge >= 0.3 is 5.63 Å². The molecule has 0 aliphatic rings. The third-order valence-electron chi connectivity index (χ3n) is 4.86. The number of hydrogen-bond donors (Lipinski definition) is 2. The predicted octanol–water partition coefficient (Wildman–Crippen LogP) is 4.43. The van der Waals surface area contributed by atoms with Crippen LogP contribution in [0.25, 0.3) is 54.6 Å². The van der Waals surface area contributed by atoms with Crippen LogP contribution in [0.4, 0.5) is 0 Å². The van der Waals surface area contributed by atoms with Crippen molar-refractivity contribution in [2.75, 3.05) is 0 Å². The number of aromatic amines is 1. The molecule has 2 aromatic carbocycles. The molecule has 124 valence electrons. The summed E-state index contributed by atoms with van der Waals surface area (Å²) in [5.41, 5.74) is 1.85. The standard InChI is InChI=1S/C20H10N2O4/c23-19-16-10-8-21-12-6-3-7-13(14(10)12)25-18-15(17(16)20(24)26-19)9-4-1-2-5-11(9)22-18/h1-8,21,23H. The first-order chi connectivity index (χ1) is 12.7. The lowest BCUT2D eigenvalue weighted by Crippen LogP contribution is -1.90. The fourth-order valence-electron chi connectivity index (χ4n) is 3.79. The van der Waals surface area contributed by atoms with Crippen molar-refractivity contribution in [1.82, 2.24) is 9.97 Å². The van der Waals surface area contributed by atoms with Gasteiger partial charge in [-0.3, -0.25) is 0 Å². The van der Waals surface area contributed by atoms with Crippen molar-refractivity contribution in [3.05, 3.63) is 59.1 Å². The van der Waals surface area contributed by atoms with Crippen LogP contribution in [-0.2, 0) is 0 Å². The first kappa shape index (κ1) is 13.5. The Bertz CT molecular complexity index is 1570. The lowest BCUT2D eigenvalue weighted by atomic mass is 10.1. The van der Waals surface area contributed by atoms with E-state index in [0.29, 0.717) is 33.0 Å². The van der Waals surface area contributed by atoms with E-state index < -0.39 is 11.6 Å². The van der Waals surface area contributed by atoms with Crippen LogP contribution in [0.3, 0.4) is 0 Å². The van der Waals surface area contributed by atoms with Gasteiger partial charge in [0.05, 0.1) is 27.1 Å². The molecule has 6 heteroatoms. The van der Waals surface area contributed by atoms with Gasteiger partial charge in [0, 0.05) is 22.5 Å². The minimum Gasteiger partial charge on any atom is -0.480 e. The Morgan fingerprint density at radius 2 is 1.77 bits per heavy atom. The van der Waals surface area contributed by atoms with E-state index in [2.05, 4.69) is 9.97 Å². The van der Waals surface area contributed by atoms with E-state index in [1.165, 1.54) is 0 Å². The number of benzene rings is 2. The van der Waals surface area contributed by atoms with E-state index in [-0.39, 0.29) is 5.39 Å². The number of aromatic nitrogens is 2. The van der Waals surface area contributed by atoms with Gasteiger partial charge in [0.25, 0.3) is 5.95 Å². The Labute approximate surface area is 144 Å². The molecule has 0 saturated heterocycles. The van der Waals surface area contributed by atoms with E-state index in [1.54, 1.807) is 6.20 Å². The Morgan fingerprint density at radius 3 is 2.69 bits per heavy atom. The van der Waals surface area contributed by atoms with Crippen LogP contribution in [0.2, 0.25) is 0 Å². The van der Waals surface area contributed by atoms with Gasteiger partial charge in [-0.15, -0.1) is 0 Å². The van der Waals surface area contributed by atoms with Crippen molar-refractivity contribution < 1.29 is 13.9 Å². The van der Waals surface area contributed by atoms with Crippen LogP contribution < -0.4 is 5.63 Å². The Kier molecular flexibility index (Phi) is 2.30. The Hall–Kier alpha value is -3.80. The molecule has 6 aromatic rings. The number of H-pyrrole nitrogens is 1. The summed E-state index contributed by atoms with van der Waals surface area (Å²) in [4.78, 5) is 20.3. The fraction of sp³-hybridized carbons (Fsp3) is 0. The van der Waals surface area contributed by atoms with Crippen LogP contribution in [0, 0.1) is 0 Å². The minimum atomic E-state index is -0.616. The number of fused-ring (bicyclic) bond motifs is 6. The number of rotatable bonds is 0. The molecular weight excluding hydrogens is 332 g/mol. The molecule has 26 heavy (non-hydrogen) atoms. The molecule has 0 saturated carbocycles. The predicted molar refractivity (Wildman–Crippen MR) is 98.6 cm³/mol. The third kappa shape index (κ3) is 1.51. The highest BCUT2D eigenvalue weighted by atomic mass is 16.5. The number of hydrogen-bond acceptors (Lipinski definition) is 5. The second kappa shape index (κ2) is 4.43. The van der Waals surface area contributed by atoms with Crippen molar-refractivity contribution in [3.8, 4) is 5.95 Å². The average molecular weight is 342 g/mol. The molecule has 0 unspecified atom stereocenters. The van der Waals surface area contributed by atoms with Crippen molar-refractivity contribution in [1.29, 1.82) is 0 Å². The SMILES string of the molecule is O=c1oc(O)c2c3c[nH]c4cccc(oc5nc6ccccc6c5c12)c43. The highest BCUT2D eigenvalue weighted by Gasteiger charge is 2.21. The fourth-order valence-corrected chi connectivity index (χ4v) is 3.79. The summed E-state index contributed by atoms with van der Waals surface area (Å²) < 4.78 is 11.2. The molecule has 0 atom stereocenters. The van der Waals surface area contributed by atoms with Gasteiger partial charge in [0.2, 0.25) is 5.71 Å². The molecule has 0 spiro atoms. The zero-order valence-corrected chi connectivity index (χ0v) is 13.2. The lowest BCUT2D eigenvalue weighted by molar-refractivity contribution is 0.326. The summed E-state index contributed by atoms with van der Waals surface area (Å²) >= 11 is 0. The summed E-state index contributed by atoms with van der Waals surface area (Å²) in [6.07, 6.45) is 1.74. The second-order valence-electron chi connectivity index (χ2n) is 6.24. The summed E-state index contributed by atoms with van der Waals surface area (Å²) in [7, 11) is 0. The smallest absolute Gasteiger partial charge is 0.347 e. The largest absolute Gasteiger partial charge is 0.480 e. The normalized spacial score (nSPS) is 12.2. The summed E-state index contributed by atoms with van der Waals surface area (Å²) in [6.45, 7) is 0. The quantitative estimate of drug-likeness (QED) is 0.426. The van der Waals surface area contributed by atoms with Crippen molar-refractivity contribution in [3.63, 3.8) is 0 Å². The molecule has 0 aliphatic heterocycles. The maximum absolute atomic E-state index is 12.6. The highest BCUT2D eigenvalue weighted by molar-refractivity contribution is 6.26. The molecule has 4 aromatic heterocycles. The summed E-state index contributed by atoms with van der Waals surface area (Å²) in [5.74, 6) is -0.404. The van der Waals surface area contributed by atoms with E-state index in [1.807, 2.05) is 42.5 Å². The van der Waals surface area contributed by atoms with Crippen molar-refractivity contribution in [2.45, 2.75) is 0 Å². The topological polar surface area (TPSA) is 92.3 Å². The number of nitrogens with zero attached hydrogens (tertiary/aromatic N) is 1. The molecule has 0 bridgehead atoms. The van der Waals surface area contributed by atoms with Crippen molar-refractivity contribution >= 4 is 54.6 Å². The van der Waals surface area contributed by atoms with Gasteiger partial charge in [-0.25, -0.2) is 9.78 Å². The van der Waals surface area contributed by atoms with Crippen molar-refractivity contribution in [2.24, 2.45) is 0 Å². The molecule has 0 fully saturated rings. The zero-order valence-electron chi connectivity index (χ0n) is 13.2. The van der Waals surface area contributed by atoms with Crippen LogP contribution in [0.15, 0.2) is 62.3 Å². The van der Waals surface area contributed by atoms with Crippen LogP contribution in [-0.4, -0.2) is 15.1 Å². The molecule has 6 nitrogen and oxygen atoms in total. The summed E-state index contributed by atoms with van der Waals surface area (Å²) in [5, 5.41) is 13.7. The molecule has 2 N–H and O–H groups in total. The molecule has 6 rings (SSSR count). The third-order valence-corrected chi connectivity index (χ3v) is 4.86. The molecule has 0 aliphatic carbocycles. The van der Waals surface area contributed by atoms with Gasteiger partial charge in [-0.05, 0) is 18.2 Å². The first-order valence-corrected chi connectivity index (χ1v) is 8.09. The molecule has 0 amide bonds. The summed E-state index contributed by atoms with van der Waals surface area (Å²) in [6, 6.07) is 13.1. The van der Waals surface area contributed by atoms with Gasteiger partial charge in [-0.2, -0.15) is 0 Å². The van der Waals surface area contributed by atoms with E-state index in [9.17, 15) is 9.90 Å². The van der Waals surface area contributed by atoms with Gasteiger partial charge < -0.3 is 18.9 Å². The van der Waals surface area contributed by atoms with E-state index in [0.717, 1.165) is 16.3 Å². The number of furan rings is 1. The number of para-hydroxylation sites is 1. The van der Waals surface area contributed by atoms with Gasteiger partial charge in [0.1, 0.15) is 5.58 Å². The van der Waals surface area contributed by atoms with Crippen LogP contribution >= 0.6 is 0 Å². The number of nitrogens with one attached hydrogen (secondary N) is 1. The average Bonchev–Trinajstić information content (AvgIpc) is 3.26. The molecule has 4 heterocycles. The highest BCUT2D eigenvalue weighted by Crippen LogP contribution is 2.39. The maximum atomic E-state index is 12.6. The van der Waals surface area contributed by atoms with Crippen LogP contribution in [0.5, 0.6) is 5.95 Å². The van der Waals surface area contributed by atoms with Crippen LogP contribution in [0.1, 0.15) is 0 Å². The number of aromatic hydroxyl groups is 1. The molecule has 0 radical (unpaired) electrons. The lowest BCUT2D eigenvalue weighted by Gasteiger charge is -1.97. The van der Waals surface area contributed by atoms with Gasteiger partial charge in [0.15, 0.2) is 0 Å². The maximum Gasteiger partial charge on any atom is 0.347 e.